The lowest BCUT2D eigenvalue weighted by Gasteiger charge is -2.31. The molecule has 0 aliphatic carbocycles. The zero-order valence-corrected chi connectivity index (χ0v) is 12.8. The van der Waals surface area contributed by atoms with Crippen LogP contribution in [0.15, 0.2) is 6.20 Å². The van der Waals surface area contributed by atoms with Gasteiger partial charge in [0.05, 0.1) is 5.01 Å². The van der Waals surface area contributed by atoms with Crippen molar-refractivity contribution in [1.29, 1.82) is 0 Å². The van der Waals surface area contributed by atoms with Crippen molar-refractivity contribution < 1.29 is 9.90 Å². The molecule has 0 unspecified atom stereocenters. The second kappa shape index (κ2) is 7.59. The summed E-state index contributed by atoms with van der Waals surface area (Å²) in [6, 6.07) is 0.00802. The molecule has 2 heterocycles. The fourth-order valence-corrected chi connectivity index (χ4v) is 3.20. The van der Waals surface area contributed by atoms with Crippen LogP contribution in [-0.4, -0.2) is 47.3 Å². The molecule has 1 aliphatic heterocycles. The van der Waals surface area contributed by atoms with Crippen LogP contribution in [0.25, 0.3) is 0 Å². The second-order valence-electron chi connectivity index (χ2n) is 5.17. The standard InChI is InChI=1S/C14H23N3O2S/c1-2-12-9-16-13(20-12)3-6-15-14(19)17-7-4-11(10-18)5-8-17/h9,11,18H,2-8,10H2,1H3,(H,15,19). The van der Waals surface area contributed by atoms with Gasteiger partial charge in [0.1, 0.15) is 0 Å². The maximum atomic E-state index is 12.0. The first-order valence-electron chi connectivity index (χ1n) is 7.30. The van der Waals surface area contributed by atoms with Gasteiger partial charge >= 0.3 is 6.03 Å². The minimum atomic E-state index is 0.00802. The van der Waals surface area contributed by atoms with E-state index in [1.807, 2.05) is 11.1 Å². The predicted octanol–water partition coefficient (Wildman–Crippen LogP) is 1.66. The lowest BCUT2D eigenvalue weighted by molar-refractivity contribution is 0.137. The van der Waals surface area contributed by atoms with Crippen molar-refractivity contribution in [2.45, 2.75) is 32.6 Å². The van der Waals surface area contributed by atoms with Crippen molar-refractivity contribution in [2.24, 2.45) is 5.92 Å². The summed E-state index contributed by atoms with van der Waals surface area (Å²) in [5.41, 5.74) is 0. The molecule has 5 nitrogen and oxygen atoms in total. The van der Waals surface area contributed by atoms with E-state index in [0.717, 1.165) is 43.8 Å². The highest BCUT2D eigenvalue weighted by Gasteiger charge is 2.21. The summed E-state index contributed by atoms with van der Waals surface area (Å²) in [5, 5.41) is 13.1. The molecule has 0 saturated carbocycles. The monoisotopic (exact) mass is 297 g/mol. The molecular formula is C14H23N3O2S. The molecule has 2 amide bonds. The highest BCUT2D eigenvalue weighted by atomic mass is 32.1. The van der Waals surface area contributed by atoms with Crippen molar-refractivity contribution in [3.8, 4) is 0 Å². The van der Waals surface area contributed by atoms with Crippen LogP contribution in [0, 0.1) is 5.92 Å². The number of likely N-dealkylation sites (tertiary alicyclic amines) is 1. The third kappa shape index (κ3) is 4.18. The highest BCUT2D eigenvalue weighted by molar-refractivity contribution is 7.11. The first kappa shape index (κ1) is 15.3. The minimum absolute atomic E-state index is 0.00802. The van der Waals surface area contributed by atoms with E-state index >= 15 is 0 Å². The minimum Gasteiger partial charge on any atom is -0.396 e. The van der Waals surface area contributed by atoms with Gasteiger partial charge in [0, 0.05) is 43.7 Å². The molecule has 1 aromatic heterocycles. The van der Waals surface area contributed by atoms with Crippen LogP contribution in [0.2, 0.25) is 0 Å². The molecule has 112 valence electrons. The summed E-state index contributed by atoms with van der Waals surface area (Å²) in [6.45, 7) is 4.48. The molecule has 0 radical (unpaired) electrons. The number of aromatic nitrogens is 1. The molecule has 1 aliphatic rings. The Balaban J connectivity index is 1.67. The van der Waals surface area contributed by atoms with Gasteiger partial charge in [-0.3, -0.25) is 0 Å². The van der Waals surface area contributed by atoms with Gasteiger partial charge in [0.25, 0.3) is 0 Å². The van der Waals surface area contributed by atoms with Crippen LogP contribution in [0.1, 0.15) is 29.7 Å². The molecule has 20 heavy (non-hydrogen) atoms. The maximum Gasteiger partial charge on any atom is 0.317 e. The van der Waals surface area contributed by atoms with Crippen LogP contribution in [0.3, 0.4) is 0 Å². The number of carbonyl (C=O) groups is 1. The summed E-state index contributed by atoms with van der Waals surface area (Å²) < 4.78 is 0. The Morgan fingerprint density at radius 2 is 2.30 bits per heavy atom. The first-order valence-corrected chi connectivity index (χ1v) is 8.11. The topological polar surface area (TPSA) is 65.5 Å². The number of aliphatic hydroxyl groups excluding tert-OH is 1. The number of carbonyl (C=O) groups excluding carboxylic acids is 1. The molecule has 1 saturated heterocycles. The molecular weight excluding hydrogens is 274 g/mol. The number of aliphatic hydroxyl groups is 1. The van der Waals surface area contributed by atoms with Gasteiger partial charge in [-0.05, 0) is 25.2 Å². The van der Waals surface area contributed by atoms with Crippen molar-refractivity contribution in [1.82, 2.24) is 15.2 Å². The zero-order chi connectivity index (χ0) is 14.4. The third-order valence-electron chi connectivity index (χ3n) is 3.72. The van der Waals surface area contributed by atoms with Gasteiger partial charge in [0.15, 0.2) is 0 Å². The largest absolute Gasteiger partial charge is 0.396 e. The Labute approximate surface area is 124 Å². The van der Waals surface area contributed by atoms with Gasteiger partial charge < -0.3 is 15.3 Å². The van der Waals surface area contributed by atoms with Crippen LogP contribution >= 0.6 is 11.3 Å². The first-order chi connectivity index (χ1) is 9.72. The average molecular weight is 297 g/mol. The van der Waals surface area contributed by atoms with Gasteiger partial charge in [-0.15, -0.1) is 11.3 Å². The van der Waals surface area contributed by atoms with Crippen LogP contribution in [0.4, 0.5) is 4.79 Å². The SMILES string of the molecule is CCc1cnc(CCNC(=O)N2CCC(CO)CC2)s1. The molecule has 1 fully saturated rings. The average Bonchev–Trinajstić information content (AvgIpc) is 2.95. The fraction of sp³-hybridized carbons (Fsp3) is 0.714. The van der Waals surface area contributed by atoms with Crippen molar-refractivity contribution >= 4 is 17.4 Å². The molecule has 0 atom stereocenters. The van der Waals surface area contributed by atoms with Crippen LogP contribution < -0.4 is 5.32 Å². The van der Waals surface area contributed by atoms with E-state index in [1.165, 1.54) is 4.88 Å². The molecule has 2 rings (SSSR count). The smallest absolute Gasteiger partial charge is 0.317 e. The fourth-order valence-electron chi connectivity index (χ4n) is 2.33. The molecule has 6 heteroatoms. The quantitative estimate of drug-likeness (QED) is 0.869. The Morgan fingerprint density at radius 1 is 1.55 bits per heavy atom. The van der Waals surface area contributed by atoms with Gasteiger partial charge in [-0.1, -0.05) is 6.92 Å². The van der Waals surface area contributed by atoms with E-state index in [0.29, 0.717) is 12.5 Å². The number of nitrogens with zero attached hydrogens (tertiary/aromatic N) is 2. The molecule has 0 aromatic carbocycles. The van der Waals surface area contributed by atoms with Crippen molar-refractivity contribution in [3.63, 3.8) is 0 Å². The number of amides is 2. The number of rotatable bonds is 5. The van der Waals surface area contributed by atoms with E-state index in [2.05, 4.69) is 17.2 Å². The van der Waals surface area contributed by atoms with Crippen molar-refractivity contribution in [2.75, 3.05) is 26.2 Å². The number of hydrogen-bond donors (Lipinski definition) is 2. The summed E-state index contributed by atoms with van der Waals surface area (Å²) in [4.78, 5) is 19.5. The Morgan fingerprint density at radius 3 is 2.90 bits per heavy atom. The number of thiazole rings is 1. The van der Waals surface area contributed by atoms with Crippen LogP contribution in [0.5, 0.6) is 0 Å². The third-order valence-corrected chi connectivity index (χ3v) is 4.93. The van der Waals surface area contributed by atoms with E-state index < -0.39 is 0 Å². The number of hydrogen-bond acceptors (Lipinski definition) is 4. The van der Waals surface area contributed by atoms with Crippen LogP contribution in [-0.2, 0) is 12.8 Å². The Hall–Kier alpha value is -1.14. The van der Waals surface area contributed by atoms with Gasteiger partial charge in [-0.2, -0.15) is 0 Å². The lowest BCUT2D eigenvalue weighted by Crippen LogP contribution is -2.45. The highest BCUT2D eigenvalue weighted by Crippen LogP contribution is 2.16. The molecule has 2 N–H and O–H groups in total. The Kier molecular flexibility index (Phi) is 5.79. The molecule has 0 spiro atoms. The number of aryl methyl sites for hydroxylation is 1. The Bertz CT molecular complexity index is 428. The van der Waals surface area contributed by atoms with Gasteiger partial charge in [0.2, 0.25) is 0 Å². The summed E-state index contributed by atoms with van der Waals surface area (Å²) in [5.74, 6) is 0.363. The van der Waals surface area contributed by atoms with Crippen molar-refractivity contribution in [3.05, 3.63) is 16.1 Å². The number of urea groups is 1. The zero-order valence-electron chi connectivity index (χ0n) is 12.0. The molecule has 1 aromatic rings. The summed E-state index contributed by atoms with van der Waals surface area (Å²) >= 11 is 1.72. The normalized spacial score (nSPS) is 16.4. The van der Waals surface area contributed by atoms with E-state index in [1.54, 1.807) is 11.3 Å². The summed E-state index contributed by atoms with van der Waals surface area (Å²) in [7, 11) is 0. The van der Waals surface area contributed by atoms with E-state index in [9.17, 15) is 4.79 Å². The predicted molar refractivity (Wildman–Crippen MR) is 80.0 cm³/mol. The molecule has 0 bridgehead atoms. The van der Waals surface area contributed by atoms with Gasteiger partial charge in [-0.25, -0.2) is 9.78 Å². The summed E-state index contributed by atoms with van der Waals surface area (Å²) in [6.07, 6.45) is 5.53. The number of nitrogens with one attached hydrogen (secondary N) is 1. The van der Waals surface area contributed by atoms with E-state index in [-0.39, 0.29) is 12.6 Å². The second-order valence-corrected chi connectivity index (χ2v) is 6.37. The maximum absolute atomic E-state index is 12.0. The van der Waals surface area contributed by atoms with E-state index in [4.69, 9.17) is 5.11 Å². The number of piperidine rings is 1. The lowest BCUT2D eigenvalue weighted by atomic mass is 9.98.